The van der Waals surface area contributed by atoms with E-state index in [9.17, 15) is 4.79 Å². The number of carbonyl (C=O) groups excluding carboxylic acids is 1. The van der Waals surface area contributed by atoms with Gasteiger partial charge < -0.3 is 24.9 Å². The Labute approximate surface area is 170 Å². The van der Waals surface area contributed by atoms with Crippen LogP contribution in [0.25, 0.3) is 10.9 Å². The highest BCUT2D eigenvalue weighted by molar-refractivity contribution is 9.10. The molecule has 0 saturated carbocycles. The number of hydrogen-bond donors (Lipinski definition) is 2. The third-order valence-electron chi connectivity index (χ3n) is 4.96. The van der Waals surface area contributed by atoms with Gasteiger partial charge in [-0.05, 0) is 52.7 Å². The molecule has 1 aliphatic heterocycles. The van der Waals surface area contributed by atoms with E-state index in [1.807, 2.05) is 36.5 Å². The van der Waals surface area contributed by atoms with E-state index >= 15 is 0 Å². The lowest BCUT2D eigenvalue weighted by atomic mass is 9.81. The Morgan fingerprint density at radius 1 is 1.21 bits per heavy atom. The predicted molar refractivity (Wildman–Crippen MR) is 110 cm³/mol. The maximum absolute atomic E-state index is 12.5. The van der Waals surface area contributed by atoms with Crippen molar-refractivity contribution in [1.29, 1.82) is 0 Å². The zero-order valence-electron chi connectivity index (χ0n) is 15.6. The quantitative estimate of drug-likeness (QED) is 0.630. The average Bonchev–Trinajstić information content (AvgIpc) is 3.15. The van der Waals surface area contributed by atoms with E-state index < -0.39 is 5.92 Å². The van der Waals surface area contributed by atoms with Crippen molar-refractivity contribution in [2.45, 2.75) is 12.8 Å². The van der Waals surface area contributed by atoms with E-state index in [4.69, 9.17) is 19.9 Å². The van der Waals surface area contributed by atoms with Gasteiger partial charge in [-0.25, -0.2) is 0 Å². The zero-order chi connectivity index (χ0) is 20.0. The summed E-state index contributed by atoms with van der Waals surface area (Å²) < 4.78 is 17.5. The van der Waals surface area contributed by atoms with Crippen LogP contribution in [0.3, 0.4) is 0 Å². The summed E-state index contributed by atoms with van der Waals surface area (Å²) in [5.41, 5.74) is 9.27. The molecule has 7 heteroatoms. The number of Topliss-reactive ketones (excluding diaryl/α,β-unsaturated/α-hetero) is 1. The number of aromatic nitrogens is 1. The summed E-state index contributed by atoms with van der Waals surface area (Å²) in [6, 6.07) is 9.64. The third kappa shape index (κ3) is 2.74. The molecule has 1 aliphatic rings. The number of nitrogens with one attached hydrogen (secondary N) is 1. The molecule has 6 nitrogen and oxygen atoms in total. The number of nitrogens with two attached hydrogens (primary N) is 1. The number of fused-ring (bicyclic) bond motifs is 3. The van der Waals surface area contributed by atoms with E-state index in [2.05, 4.69) is 20.9 Å². The number of aromatic amines is 1. The fraction of sp³-hybridized carbons (Fsp3) is 0.190. The Kier molecular flexibility index (Phi) is 4.55. The van der Waals surface area contributed by atoms with Gasteiger partial charge in [0.05, 0.1) is 24.3 Å². The molecule has 2 aromatic carbocycles. The number of allylic oxidation sites excluding steroid dienone is 1. The van der Waals surface area contributed by atoms with E-state index in [1.165, 1.54) is 6.92 Å². The van der Waals surface area contributed by atoms with Crippen molar-refractivity contribution < 1.29 is 19.0 Å². The van der Waals surface area contributed by atoms with Crippen LogP contribution in [-0.2, 0) is 4.79 Å². The standard InChI is InChI=1S/C21H19BrN2O4/c1-10(25)17-18(11-8-14(22)20(27-3)16(9-11)26-2)13-4-5-15-12(6-7-24-15)19(13)28-21(17)23/h4-9,18,24H,23H2,1-3H3. The second-order valence-corrected chi connectivity index (χ2v) is 7.38. The van der Waals surface area contributed by atoms with E-state index in [0.717, 1.165) is 26.5 Å². The number of rotatable bonds is 4. The van der Waals surface area contributed by atoms with Crippen LogP contribution in [0.15, 0.2) is 52.5 Å². The lowest BCUT2D eigenvalue weighted by Crippen LogP contribution is -2.25. The predicted octanol–water partition coefficient (Wildman–Crippen LogP) is 4.23. The topological polar surface area (TPSA) is 86.6 Å². The second kappa shape index (κ2) is 6.91. The van der Waals surface area contributed by atoms with Crippen LogP contribution in [0.2, 0.25) is 0 Å². The summed E-state index contributed by atoms with van der Waals surface area (Å²) in [6.45, 7) is 1.49. The second-order valence-electron chi connectivity index (χ2n) is 6.53. The highest BCUT2D eigenvalue weighted by Gasteiger charge is 2.34. The summed E-state index contributed by atoms with van der Waals surface area (Å²) in [6.07, 6.45) is 1.84. The molecule has 0 saturated heterocycles. The zero-order valence-corrected chi connectivity index (χ0v) is 17.2. The SMILES string of the molecule is COc1cc(C2C(C(C)=O)=C(N)Oc3c2ccc2[nH]ccc32)cc(Br)c1OC. The van der Waals surface area contributed by atoms with Gasteiger partial charge in [-0.3, -0.25) is 4.79 Å². The highest BCUT2D eigenvalue weighted by atomic mass is 79.9. The molecular weight excluding hydrogens is 424 g/mol. The molecule has 0 bridgehead atoms. The molecule has 0 spiro atoms. The molecule has 0 aliphatic carbocycles. The molecule has 0 fully saturated rings. The number of ketones is 1. The number of hydrogen-bond acceptors (Lipinski definition) is 5. The number of methoxy groups -OCH3 is 2. The monoisotopic (exact) mass is 442 g/mol. The molecule has 28 heavy (non-hydrogen) atoms. The Hall–Kier alpha value is -2.93. The van der Waals surface area contributed by atoms with Crippen LogP contribution in [0.5, 0.6) is 17.2 Å². The van der Waals surface area contributed by atoms with E-state index in [1.54, 1.807) is 14.2 Å². The molecular formula is C21H19BrN2O4. The summed E-state index contributed by atoms with van der Waals surface area (Å²) in [4.78, 5) is 15.7. The van der Waals surface area contributed by atoms with Gasteiger partial charge >= 0.3 is 0 Å². The van der Waals surface area contributed by atoms with Gasteiger partial charge in [-0.1, -0.05) is 6.07 Å². The maximum Gasteiger partial charge on any atom is 0.198 e. The Balaban J connectivity index is 2.01. The molecule has 1 aromatic heterocycles. The third-order valence-corrected chi connectivity index (χ3v) is 5.55. The van der Waals surface area contributed by atoms with Crippen LogP contribution in [-0.4, -0.2) is 25.0 Å². The van der Waals surface area contributed by atoms with Gasteiger partial charge in [-0.2, -0.15) is 0 Å². The average molecular weight is 443 g/mol. The van der Waals surface area contributed by atoms with Gasteiger partial charge in [-0.15, -0.1) is 0 Å². The Morgan fingerprint density at radius 2 is 2.00 bits per heavy atom. The van der Waals surface area contributed by atoms with Gasteiger partial charge in [0.2, 0.25) is 0 Å². The minimum Gasteiger partial charge on any atom is -0.493 e. The van der Waals surface area contributed by atoms with Gasteiger partial charge in [0, 0.05) is 28.6 Å². The number of halogens is 1. The molecule has 0 amide bonds. The summed E-state index contributed by atoms with van der Waals surface area (Å²) in [5.74, 6) is 1.37. The van der Waals surface area contributed by atoms with Crippen molar-refractivity contribution >= 4 is 32.6 Å². The highest BCUT2D eigenvalue weighted by Crippen LogP contribution is 2.48. The number of benzene rings is 2. The van der Waals surface area contributed by atoms with Gasteiger partial charge in [0.1, 0.15) is 5.75 Å². The van der Waals surface area contributed by atoms with Crippen LogP contribution < -0.4 is 19.9 Å². The molecule has 0 radical (unpaired) electrons. The van der Waals surface area contributed by atoms with E-state index in [-0.39, 0.29) is 11.7 Å². The summed E-state index contributed by atoms with van der Waals surface area (Å²) >= 11 is 3.54. The largest absolute Gasteiger partial charge is 0.493 e. The minimum atomic E-state index is -0.392. The van der Waals surface area contributed by atoms with Crippen molar-refractivity contribution in [3.8, 4) is 17.2 Å². The minimum absolute atomic E-state index is 0.115. The fourth-order valence-corrected chi connectivity index (χ4v) is 4.38. The molecule has 1 unspecified atom stereocenters. The van der Waals surface area contributed by atoms with Crippen molar-refractivity contribution in [3.05, 3.63) is 63.6 Å². The smallest absolute Gasteiger partial charge is 0.198 e. The summed E-state index contributed by atoms with van der Waals surface area (Å²) in [5, 5.41) is 0.910. The van der Waals surface area contributed by atoms with Crippen LogP contribution >= 0.6 is 15.9 Å². The molecule has 4 rings (SSSR count). The fourth-order valence-electron chi connectivity index (χ4n) is 3.75. The van der Waals surface area contributed by atoms with Crippen molar-refractivity contribution in [2.75, 3.05) is 14.2 Å². The number of H-pyrrole nitrogens is 1. The summed E-state index contributed by atoms with van der Waals surface area (Å²) in [7, 11) is 3.15. The Bertz CT molecular complexity index is 1130. The first kappa shape index (κ1) is 18.4. The van der Waals surface area contributed by atoms with Crippen molar-refractivity contribution in [1.82, 2.24) is 4.98 Å². The lowest BCUT2D eigenvalue weighted by Gasteiger charge is -2.29. The van der Waals surface area contributed by atoms with Gasteiger partial charge in [0.15, 0.2) is 23.2 Å². The normalized spacial score (nSPS) is 15.9. The van der Waals surface area contributed by atoms with Crippen molar-refractivity contribution in [2.24, 2.45) is 5.73 Å². The molecule has 144 valence electrons. The number of ether oxygens (including phenoxy) is 3. The van der Waals surface area contributed by atoms with E-state index in [0.29, 0.717) is 22.8 Å². The molecule has 3 N–H and O–H groups in total. The molecule has 3 aromatic rings. The van der Waals surface area contributed by atoms with Crippen LogP contribution in [0.4, 0.5) is 0 Å². The van der Waals surface area contributed by atoms with Crippen LogP contribution in [0, 0.1) is 0 Å². The molecule has 2 heterocycles. The molecule has 1 atom stereocenters. The first-order chi connectivity index (χ1) is 13.5. The Morgan fingerprint density at radius 3 is 2.68 bits per heavy atom. The number of carbonyl (C=O) groups is 1. The maximum atomic E-state index is 12.5. The first-order valence-electron chi connectivity index (χ1n) is 8.66. The van der Waals surface area contributed by atoms with Crippen molar-refractivity contribution in [3.63, 3.8) is 0 Å². The first-order valence-corrected chi connectivity index (χ1v) is 9.45. The van der Waals surface area contributed by atoms with Gasteiger partial charge in [0.25, 0.3) is 0 Å². The van der Waals surface area contributed by atoms with Crippen LogP contribution in [0.1, 0.15) is 24.0 Å². The lowest BCUT2D eigenvalue weighted by molar-refractivity contribution is -0.114.